The minimum Gasteiger partial charge on any atom is -0.327 e. The fourth-order valence-corrected chi connectivity index (χ4v) is 2.14. The SMILES string of the molecule is CC(C)(C)C(N)Cc1cc(CCc2ccccc2)ncn1. The molecule has 21 heavy (non-hydrogen) atoms. The summed E-state index contributed by atoms with van der Waals surface area (Å²) in [5.74, 6) is 0. The minimum atomic E-state index is 0.0924. The molecule has 1 atom stereocenters. The lowest BCUT2D eigenvalue weighted by Gasteiger charge is -2.26. The number of benzene rings is 1. The number of hydrogen-bond acceptors (Lipinski definition) is 3. The van der Waals surface area contributed by atoms with Crippen molar-refractivity contribution in [3.63, 3.8) is 0 Å². The van der Waals surface area contributed by atoms with E-state index in [1.807, 2.05) is 6.07 Å². The van der Waals surface area contributed by atoms with Crippen molar-refractivity contribution in [3.8, 4) is 0 Å². The average Bonchev–Trinajstić information content (AvgIpc) is 2.46. The van der Waals surface area contributed by atoms with Gasteiger partial charge in [-0.2, -0.15) is 0 Å². The first-order valence-electron chi connectivity index (χ1n) is 7.54. The molecule has 3 heteroatoms. The predicted octanol–water partition coefficient (Wildman–Crippen LogP) is 3.18. The van der Waals surface area contributed by atoms with Gasteiger partial charge in [0.05, 0.1) is 0 Å². The summed E-state index contributed by atoms with van der Waals surface area (Å²) in [5.41, 5.74) is 9.79. The molecule has 3 nitrogen and oxygen atoms in total. The molecule has 0 amide bonds. The summed E-state index contributed by atoms with van der Waals surface area (Å²) in [4.78, 5) is 8.73. The first kappa shape index (κ1) is 15.6. The minimum absolute atomic E-state index is 0.0924. The molecule has 0 spiro atoms. The molecule has 1 unspecified atom stereocenters. The highest BCUT2D eigenvalue weighted by Crippen LogP contribution is 2.20. The van der Waals surface area contributed by atoms with Crippen molar-refractivity contribution in [2.24, 2.45) is 11.1 Å². The summed E-state index contributed by atoms with van der Waals surface area (Å²) in [6, 6.07) is 12.7. The van der Waals surface area contributed by atoms with Gasteiger partial charge in [0, 0.05) is 23.9 Å². The zero-order valence-corrected chi connectivity index (χ0v) is 13.2. The van der Waals surface area contributed by atoms with E-state index in [-0.39, 0.29) is 11.5 Å². The van der Waals surface area contributed by atoms with Gasteiger partial charge in [0.25, 0.3) is 0 Å². The molecule has 2 aromatic rings. The summed E-state index contributed by atoms with van der Waals surface area (Å²) in [6.45, 7) is 6.49. The summed E-state index contributed by atoms with van der Waals surface area (Å²) in [7, 11) is 0. The smallest absolute Gasteiger partial charge is 0.115 e. The number of rotatable bonds is 5. The summed E-state index contributed by atoms with van der Waals surface area (Å²) in [6.07, 6.45) is 4.39. The van der Waals surface area contributed by atoms with Crippen LogP contribution >= 0.6 is 0 Å². The van der Waals surface area contributed by atoms with Crippen molar-refractivity contribution < 1.29 is 0 Å². The maximum absolute atomic E-state index is 6.24. The van der Waals surface area contributed by atoms with Crippen LogP contribution in [0.4, 0.5) is 0 Å². The number of aromatic nitrogens is 2. The van der Waals surface area contributed by atoms with Gasteiger partial charge >= 0.3 is 0 Å². The van der Waals surface area contributed by atoms with Crippen LogP contribution in [0.5, 0.6) is 0 Å². The average molecular weight is 283 g/mol. The maximum atomic E-state index is 6.24. The van der Waals surface area contributed by atoms with Crippen LogP contribution in [0.15, 0.2) is 42.7 Å². The first-order valence-corrected chi connectivity index (χ1v) is 7.54. The van der Waals surface area contributed by atoms with E-state index in [0.717, 1.165) is 30.7 Å². The van der Waals surface area contributed by atoms with Gasteiger partial charge < -0.3 is 5.73 Å². The van der Waals surface area contributed by atoms with Gasteiger partial charge in [-0.25, -0.2) is 9.97 Å². The number of nitrogens with zero attached hydrogens (tertiary/aromatic N) is 2. The molecule has 0 bridgehead atoms. The zero-order chi connectivity index (χ0) is 15.3. The Morgan fingerprint density at radius 3 is 2.33 bits per heavy atom. The zero-order valence-electron chi connectivity index (χ0n) is 13.2. The Hall–Kier alpha value is -1.74. The first-order chi connectivity index (χ1) is 9.95. The normalized spacial score (nSPS) is 13.1. The molecule has 0 saturated carbocycles. The van der Waals surface area contributed by atoms with Crippen molar-refractivity contribution in [2.45, 2.75) is 46.1 Å². The van der Waals surface area contributed by atoms with Gasteiger partial charge in [0.2, 0.25) is 0 Å². The molecule has 1 aromatic carbocycles. The summed E-state index contributed by atoms with van der Waals surface area (Å²) >= 11 is 0. The third kappa shape index (κ3) is 4.94. The van der Waals surface area contributed by atoms with Crippen molar-refractivity contribution in [3.05, 3.63) is 59.7 Å². The molecule has 0 aliphatic heterocycles. The standard InChI is InChI=1S/C18H25N3/c1-18(2,3)17(19)12-16-11-15(20-13-21-16)10-9-14-7-5-4-6-8-14/h4-8,11,13,17H,9-10,12,19H2,1-3H3. The fraction of sp³-hybridized carbons (Fsp3) is 0.444. The lowest BCUT2D eigenvalue weighted by Crippen LogP contribution is -2.37. The number of hydrogen-bond donors (Lipinski definition) is 1. The van der Waals surface area contributed by atoms with Gasteiger partial charge in [-0.15, -0.1) is 0 Å². The highest BCUT2D eigenvalue weighted by molar-refractivity contribution is 5.17. The van der Waals surface area contributed by atoms with Crippen molar-refractivity contribution >= 4 is 0 Å². The molecule has 0 fully saturated rings. The van der Waals surface area contributed by atoms with E-state index in [4.69, 9.17) is 5.73 Å². The van der Waals surface area contributed by atoms with Crippen LogP contribution in [0, 0.1) is 5.41 Å². The van der Waals surface area contributed by atoms with Crippen LogP contribution in [0.3, 0.4) is 0 Å². The van der Waals surface area contributed by atoms with E-state index in [2.05, 4.69) is 61.1 Å². The lowest BCUT2D eigenvalue weighted by atomic mass is 9.84. The third-order valence-corrected chi connectivity index (χ3v) is 3.83. The van der Waals surface area contributed by atoms with Gasteiger partial charge in [-0.1, -0.05) is 51.1 Å². The second kappa shape index (κ2) is 6.81. The molecular formula is C18H25N3. The van der Waals surface area contributed by atoms with Crippen LogP contribution < -0.4 is 5.73 Å². The second-order valence-electron chi connectivity index (χ2n) is 6.66. The Bertz CT molecular complexity index is 558. The molecule has 0 radical (unpaired) electrons. The monoisotopic (exact) mass is 283 g/mol. The lowest BCUT2D eigenvalue weighted by molar-refractivity contribution is 0.316. The highest BCUT2D eigenvalue weighted by atomic mass is 14.8. The van der Waals surface area contributed by atoms with Crippen LogP contribution in [0.2, 0.25) is 0 Å². The van der Waals surface area contributed by atoms with Gasteiger partial charge in [0.15, 0.2) is 0 Å². The van der Waals surface area contributed by atoms with E-state index in [0.29, 0.717) is 0 Å². The van der Waals surface area contributed by atoms with Crippen LogP contribution in [0.1, 0.15) is 37.7 Å². The molecule has 2 rings (SSSR count). The molecule has 0 aliphatic rings. The van der Waals surface area contributed by atoms with Crippen LogP contribution in [-0.2, 0) is 19.3 Å². The second-order valence-corrected chi connectivity index (χ2v) is 6.66. The maximum Gasteiger partial charge on any atom is 0.115 e. The predicted molar refractivity (Wildman–Crippen MR) is 87.0 cm³/mol. The molecule has 0 aliphatic carbocycles. The highest BCUT2D eigenvalue weighted by Gasteiger charge is 2.21. The number of aryl methyl sites for hydroxylation is 2. The van der Waals surface area contributed by atoms with E-state index in [1.165, 1.54) is 5.56 Å². The molecule has 1 aromatic heterocycles. The van der Waals surface area contributed by atoms with E-state index in [1.54, 1.807) is 6.33 Å². The quantitative estimate of drug-likeness (QED) is 0.917. The number of nitrogens with two attached hydrogens (primary N) is 1. The van der Waals surface area contributed by atoms with Crippen LogP contribution in [0.25, 0.3) is 0 Å². The van der Waals surface area contributed by atoms with Crippen molar-refractivity contribution in [1.29, 1.82) is 0 Å². The van der Waals surface area contributed by atoms with E-state index in [9.17, 15) is 0 Å². The Labute approximate surface area is 127 Å². The molecule has 2 N–H and O–H groups in total. The van der Waals surface area contributed by atoms with E-state index >= 15 is 0 Å². The van der Waals surface area contributed by atoms with Crippen LogP contribution in [-0.4, -0.2) is 16.0 Å². The Morgan fingerprint density at radius 1 is 1.00 bits per heavy atom. The molecule has 1 heterocycles. The van der Waals surface area contributed by atoms with Gasteiger partial charge in [-0.3, -0.25) is 0 Å². The van der Waals surface area contributed by atoms with Crippen molar-refractivity contribution in [1.82, 2.24) is 9.97 Å². The van der Waals surface area contributed by atoms with Gasteiger partial charge in [-0.05, 0) is 29.9 Å². The summed E-state index contributed by atoms with van der Waals surface area (Å²) in [5, 5.41) is 0. The Balaban J connectivity index is 1.98. The molecular weight excluding hydrogens is 258 g/mol. The molecule has 0 saturated heterocycles. The molecule has 112 valence electrons. The summed E-state index contributed by atoms with van der Waals surface area (Å²) < 4.78 is 0. The fourth-order valence-electron chi connectivity index (χ4n) is 2.14. The Morgan fingerprint density at radius 2 is 1.67 bits per heavy atom. The largest absolute Gasteiger partial charge is 0.327 e. The topological polar surface area (TPSA) is 51.8 Å². The third-order valence-electron chi connectivity index (χ3n) is 3.83. The Kier molecular flexibility index (Phi) is 5.07. The van der Waals surface area contributed by atoms with Gasteiger partial charge in [0.1, 0.15) is 6.33 Å². The van der Waals surface area contributed by atoms with Crippen molar-refractivity contribution in [2.75, 3.05) is 0 Å². The van der Waals surface area contributed by atoms with E-state index < -0.39 is 0 Å².